The Morgan fingerprint density at radius 3 is 2.53 bits per heavy atom. The van der Waals surface area contributed by atoms with Crippen LogP contribution in [-0.4, -0.2) is 14.7 Å². The van der Waals surface area contributed by atoms with E-state index in [0.717, 1.165) is 17.4 Å². The first kappa shape index (κ1) is 12.3. The second kappa shape index (κ2) is 4.83. The zero-order valence-corrected chi connectivity index (χ0v) is 9.90. The van der Waals surface area contributed by atoms with Gasteiger partial charge in [-0.3, -0.25) is 4.72 Å². The third-order valence-corrected chi connectivity index (χ3v) is 2.77. The lowest BCUT2D eigenvalue weighted by atomic mass is 10.1. The molecule has 1 aromatic carbocycles. The number of halogens is 1. The fourth-order valence-corrected chi connectivity index (χ4v) is 2.03. The molecule has 0 heterocycles. The standard InChI is InChI=1S/C9H13ClN2O2S/c1-15(13,14)12-9-3-2-7(6-11)8(4-9)5-10/h2-4,12H,5-6,11H2,1H3. The third-order valence-electron chi connectivity index (χ3n) is 1.87. The van der Waals surface area contributed by atoms with Crippen LogP contribution in [0, 0.1) is 0 Å². The van der Waals surface area contributed by atoms with Crippen LogP contribution in [0.4, 0.5) is 5.69 Å². The minimum absolute atomic E-state index is 0.311. The second-order valence-corrected chi connectivity index (χ2v) is 5.21. The van der Waals surface area contributed by atoms with Crippen LogP contribution in [0.2, 0.25) is 0 Å². The molecule has 0 spiro atoms. The maximum atomic E-state index is 11.0. The molecular formula is C9H13ClN2O2S. The van der Waals surface area contributed by atoms with Gasteiger partial charge in [0.05, 0.1) is 6.26 Å². The smallest absolute Gasteiger partial charge is 0.229 e. The van der Waals surface area contributed by atoms with Crippen LogP contribution in [-0.2, 0) is 22.4 Å². The van der Waals surface area contributed by atoms with Crippen molar-refractivity contribution in [2.24, 2.45) is 5.73 Å². The summed E-state index contributed by atoms with van der Waals surface area (Å²) in [5, 5.41) is 0. The van der Waals surface area contributed by atoms with E-state index in [1.54, 1.807) is 18.2 Å². The molecular weight excluding hydrogens is 236 g/mol. The molecule has 84 valence electrons. The van der Waals surface area contributed by atoms with E-state index in [-0.39, 0.29) is 0 Å². The summed E-state index contributed by atoms with van der Waals surface area (Å²) in [5.41, 5.74) is 7.77. The molecule has 15 heavy (non-hydrogen) atoms. The number of hydrogen-bond donors (Lipinski definition) is 2. The van der Waals surface area contributed by atoms with Crippen LogP contribution >= 0.6 is 11.6 Å². The van der Waals surface area contributed by atoms with Crippen LogP contribution in [0.3, 0.4) is 0 Å². The topological polar surface area (TPSA) is 72.2 Å². The number of anilines is 1. The highest BCUT2D eigenvalue weighted by Crippen LogP contribution is 2.18. The van der Waals surface area contributed by atoms with Crippen LogP contribution in [0.25, 0.3) is 0 Å². The van der Waals surface area contributed by atoms with Gasteiger partial charge >= 0.3 is 0 Å². The van der Waals surface area contributed by atoms with Gasteiger partial charge in [0, 0.05) is 18.1 Å². The predicted octanol–water partition coefficient (Wildman–Crippen LogP) is 1.26. The summed E-state index contributed by atoms with van der Waals surface area (Å²) in [5.74, 6) is 0.311. The second-order valence-electron chi connectivity index (χ2n) is 3.20. The third kappa shape index (κ3) is 3.70. The van der Waals surface area contributed by atoms with Gasteiger partial charge in [0.2, 0.25) is 10.0 Å². The lowest BCUT2D eigenvalue weighted by molar-refractivity contribution is 0.607. The van der Waals surface area contributed by atoms with Crippen LogP contribution < -0.4 is 10.5 Å². The molecule has 1 aromatic rings. The molecule has 0 bridgehead atoms. The van der Waals surface area contributed by atoms with Gasteiger partial charge < -0.3 is 5.73 Å². The first-order valence-electron chi connectivity index (χ1n) is 4.32. The normalized spacial score (nSPS) is 11.4. The molecule has 3 N–H and O–H groups in total. The number of nitrogens with two attached hydrogens (primary N) is 1. The van der Waals surface area contributed by atoms with Crippen LogP contribution in [0.1, 0.15) is 11.1 Å². The van der Waals surface area contributed by atoms with Gasteiger partial charge in [0.15, 0.2) is 0 Å². The molecule has 0 fully saturated rings. The summed E-state index contributed by atoms with van der Waals surface area (Å²) in [6.45, 7) is 0.390. The van der Waals surface area contributed by atoms with Crippen molar-refractivity contribution in [1.29, 1.82) is 0 Å². The molecule has 0 atom stereocenters. The SMILES string of the molecule is CS(=O)(=O)Nc1ccc(CN)c(CCl)c1. The Balaban J connectivity index is 3.03. The van der Waals surface area contributed by atoms with E-state index in [9.17, 15) is 8.42 Å². The number of hydrogen-bond acceptors (Lipinski definition) is 3. The summed E-state index contributed by atoms with van der Waals surface area (Å²) in [6.07, 6.45) is 1.10. The lowest BCUT2D eigenvalue weighted by Crippen LogP contribution is -2.10. The molecule has 4 nitrogen and oxygen atoms in total. The molecule has 0 amide bonds. The highest BCUT2D eigenvalue weighted by atomic mass is 35.5. The number of sulfonamides is 1. The van der Waals surface area contributed by atoms with E-state index >= 15 is 0 Å². The highest BCUT2D eigenvalue weighted by molar-refractivity contribution is 7.92. The number of benzene rings is 1. The fraction of sp³-hybridized carbons (Fsp3) is 0.333. The van der Waals surface area contributed by atoms with Crippen molar-refractivity contribution < 1.29 is 8.42 Å². The molecule has 6 heteroatoms. The maximum Gasteiger partial charge on any atom is 0.229 e. The summed E-state index contributed by atoms with van der Waals surface area (Å²) in [7, 11) is -3.25. The van der Waals surface area contributed by atoms with Crippen molar-refractivity contribution in [2.75, 3.05) is 11.0 Å². The molecule has 0 aliphatic rings. The molecule has 0 unspecified atom stereocenters. The number of rotatable bonds is 4. The van der Waals surface area contributed by atoms with Gasteiger partial charge in [0.1, 0.15) is 0 Å². The van der Waals surface area contributed by atoms with Crippen molar-refractivity contribution in [1.82, 2.24) is 0 Å². The number of alkyl halides is 1. The Morgan fingerprint density at radius 1 is 1.40 bits per heavy atom. The van der Waals surface area contributed by atoms with Gasteiger partial charge in [-0.2, -0.15) is 0 Å². The Kier molecular flexibility index (Phi) is 3.96. The first-order valence-corrected chi connectivity index (χ1v) is 6.74. The minimum atomic E-state index is -3.25. The largest absolute Gasteiger partial charge is 0.326 e. The summed E-state index contributed by atoms with van der Waals surface area (Å²) < 4.78 is 24.4. The van der Waals surface area contributed by atoms with Gasteiger partial charge in [-0.05, 0) is 23.3 Å². The van der Waals surface area contributed by atoms with Crippen molar-refractivity contribution >= 4 is 27.3 Å². The fourth-order valence-electron chi connectivity index (χ4n) is 1.23. The van der Waals surface area contributed by atoms with E-state index in [1.807, 2.05) is 0 Å². The van der Waals surface area contributed by atoms with Crippen molar-refractivity contribution in [3.05, 3.63) is 29.3 Å². The average molecular weight is 249 g/mol. The van der Waals surface area contributed by atoms with Crippen molar-refractivity contribution in [3.63, 3.8) is 0 Å². The molecule has 1 rings (SSSR count). The predicted molar refractivity (Wildman–Crippen MR) is 62.4 cm³/mol. The Morgan fingerprint density at radius 2 is 2.07 bits per heavy atom. The van der Waals surface area contributed by atoms with Gasteiger partial charge in [-0.25, -0.2) is 8.42 Å². The van der Waals surface area contributed by atoms with E-state index in [4.69, 9.17) is 17.3 Å². The zero-order valence-electron chi connectivity index (χ0n) is 8.33. The highest BCUT2D eigenvalue weighted by Gasteiger charge is 2.05. The summed E-state index contributed by atoms with van der Waals surface area (Å²) in [6, 6.07) is 5.13. The van der Waals surface area contributed by atoms with Gasteiger partial charge in [-0.1, -0.05) is 6.07 Å². The summed E-state index contributed by atoms with van der Waals surface area (Å²) >= 11 is 5.72. The quantitative estimate of drug-likeness (QED) is 0.788. The van der Waals surface area contributed by atoms with Gasteiger partial charge in [-0.15, -0.1) is 11.6 Å². The van der Waals surface area contributed by atoms with E-state index < -0.39 is 10.0 Å². The Labute approximate surface area is 94.5 Å². The minimum Gasteiger partial charge on any atom is -0.326 e. The molecule has 0 radical (unpaired) electrons. The van der Waals surface area contributed by atoms with E-state index in [0.29, 0.717) is 18.1 Å². The van der Waals surface area contributed by atoms with Crippen molar-refractivity contribution in [3.8, 4) is 0 Å². The Hall–Kier alpha value is -0.780. The van der Waals surface area contributed by atoms with Gasteiger partial charge in [0.25, 0.3) is 0 Å². The molecule has 0 saturated carbocycles. The van der Waals surface area contributed by atoms with Crippen LogP contribution in [0.5, 0.6) is 0 Å². The maximum absolute atomic E-state index is 11.0. The van der Waals surface area contributed by atoms with Crippen LogP contribution in [0.15, 0.2) is 18.2 Å². The molecule has 0 aliphatic heterocycles. The monoisotopic (exact) mass is 248 g/mol. The van der Waals surface area contributed by atoms with E-state index in [1.165, 1.54) is 0 Å². The molecule has 0 aliphatic carbocycles. The Bertz CT molecular complexity index is 445. The average Bonchev–Trinajstić information content (AvgIpc) is 2.15. The number of nitrogens with one attached hydrogen (secondary N) is 1. The zero-order chi connectivity index (χ0) is 11.5. The molecule has 0 aromatic heterocycles. The van der Waals surface area contributed by atoms with Crippen molar-refractivity contribution in [2.45, 2.75) is 12.4 Å². The lowest BCUT2D eigenvalue weighted by Gasteiger charge is -2.08. The first-order chi connectivity index (χ1) is 6.96. The van der Waals surface area contributed by atoms with E-state index in [2.05, 4.69) is 4.72 Å². The summed E-state index contributed by atoms with van der Waals surface area (Å²) in [4.78, 5) is 0. The molecule has 0 saturated heterocycles.